The van der Waals surface area contributed by atoms with E-state index in [0.29, 0.717) is 26.2 Å². The van der Waals surface area contributed by atoms with Crippen molar-refractivity contribution in [2.24, 2.45) is 0 Å². The number of alkyl halides is 3. The summed E-state index contributed by atoms with van der Waals surface area (Å²) in [6.45, 7) is 0. The molecule has 0 amide bonds. The van der Waals surface area contributed by atoms with Gasteiger partial charge in [-0.1, -0.05) is 23.2 Å². The van der Waals surface area contributed by atoms with E-state index in [0.717, 1.165) is 0 Å². The van der Waals surface area contributed by atoms with E-state index in [1.165, 1.54) is 12.1 Å². The normalized spacial score (nSPS) is 11.9. The lowest BCUT2D eigenvalue weighted by atomic mass is 10.4. The first-order valence-corrected chi connectivity index (χ1v) is 6.17. The molecule has 0 aliphatic rings. The Morgan fingerprint density at radius 1 is 1.20 bits per heavy atom. The summed E-state index contributed by atoms with van der Waals surface area (Å²) in [4.78, 5) is 0.352. The molecule has 0 aromatic heterocycles. The summed E-state index contributed by atoms with van der Waals surface area (Å²) < 4.78 is 36.4. The van der Waals surface area contributed by atoms with Crippen LogP contribution in [0.2, 0.25) is 10.0 Å². The Morgan fingerprint density at radius 2 is 1.80 bits per heavy atom. The van der Waals surface area contributed by atoms with Crippen molar-refractivity contribution in [1.29, 1.82) is 0 Å². The van der Waals surface area contributed by atoms with E-state index in [4.69, 9.17) is 23.2 Å². The molecule has 0 heterocycles. The third-order valence-electron chi connectivity index (χ3n) is 1.37. The van der Waals surface area contributed by atoms with Gasteiger partial charge < -0.3 is 0 Å². The summed E-state index contributed by atoms with van der Waals surface area (Å²) in [5.41, 5.74) is 0. The van der Waals surface area contributed by atoms with E-state index in [2.05, 4.69) is 15.9 Å². The third kappa shape index (κ3) is 4.43. The zero-order valence-corrected chi connectivity index (χ0v) is 11.0. The fraction of sp³-hybridized carbons (Fsp3) is 0.250. The minimum absolute atomic E-state index is 0.220. The average molecular weight is 340 g/mol. The molecule has 15 heavy (non-hydrogen) atoms. The highest BCUT2D eigenvalue weighted by atomic mass is 79.9. The number of hydrogen-bond acceptors (Lipinski definition) is 1. The first kappa shape index (κ1) is 13.5. The van der Waals surface area contributed by atoms with E-state index >= 15 is 0 Å². The second-order valence-corrected chi connectivity index (χ2v) is 5.29. The summed E-state index contributed by atoms with van der Waals surface area (Å²) in [5.74, 6) is -0.971. The largest absolute Gasteiger partial charge is 0.398 e. The molecule has 0 N–H and O–H groups in total. The van der Waals surface area contributed by atoms with E-state index in [9.17, 15) is 13.2 Å². The van der Waals surface area contributed by atoms with Crippen LogP contribution in [0.4, 0.5) is 13.2 Å². The van der Waals surface area contributed by atoms with Crippen LogP contribution in [0.3, 0.4) is 0 Å². The Hall–Kier alpha value is 0.420. The van der Waals surface area contributed by atoms with Crippen LogP contribution in [0.5, 0.6) is 0 Å². The van der Waals surface area contributed by atoms with E-state index in [1.807, 2.05) is 0 Å². The van der Waals surface area contributed by atoms with Crippen molar-refractivity contribution in [2.45, 2.75) is 11.1 Å². The maximum absolute atomic E-state index is 12.0. The van der Waals surface area contributed by atoms with Crippen molar-refractivity contribution in [2.75, 3.05) is 5.75 Å². The van der Waals surface area contributed by atoms with Gasteiger partial charge in [-0.2, -0.15) is 13.2 Å². The Morgan fingerprint density at radius 3 is 2.33 bits per heavy atom. The highest BCUT2D eigenvalue weighted by molar-refractivity contribution is 9.10. The molecule has 0 aliphatic carbocycles. The lowest BCUT2D eigenvalue weighted by Crippen LogP contribution is -2.10. The van der Waals surface area contributed by atoms with Crippen LogP contribution in [0.15, 0.2) is 21.5 Å². The van der Waals surface area contributed by atoms with E-state index in [-0.39, 0.29) is 5.02 Å². The molecule has 0 aliphatic heterocycles. The Balaban J connectivity index is 2.82. The van der Waals surface area contributed by atoms with Crippen LogP contribution in [0, 0.1) is 0 Å². The number of thioether (sulfide) groups is 1. The van der Waals surface area contributed by atoms with Crippen molar-refractivity contribution in [3.8, 4) is 0 Å². The highest BCUT2D eigenvalue weighted by Gasteiger charge is 2.27. The molecular weight excluding hydrogens is 336 g/mol. The third-order valence-corrected chi connectivity index (χ3v) is 4.11. The lowest BCUT2D eigenvalue weighted by Gasteiger charge is -2.08. The SMILES string of the molecule is FC(F)(F)CSc1cc(Br)c(Cl)cc1Cl. The van der Waals surface area contributed by atoms with Crippen LogP contribution in [-0.4, -0.2) is 11.9 Å². The van der Waals surface area contributed by atoms with E-state index < -0.39 is 11.9 Å². The van der Waals surface area contributed by atoms with Gasteiger partial charge in [-0.25, -0.2) is 0 Å². The molecule has 84 valence electrons. The van der Waals surface area contributed by atoms with Gasteiger partial charge in [0.05, 0.1) is 15.8 Å². The molecule has 7 heteroatoms. The fourth-order valence-electron chi connectivity index (χ4n) is 0.775. The molecule has 0 radical (unpaired) electrons. The van der Waals surface area contributed by atoms with Gasteiger partial charge in [-0.05, 0) is 28.1 Å². The summed E-state index contributed by atoms with van der Waals surface area (Å²) in [6.07, 6.45) is -4.21. The van der Waals surface area contributed by atoms with Crippen LogP contribution in [0.25, 0.3) is 0 Å². The second-order valence-electron chi connectivity index (χ2n) is 2.60. The van der Waals surface area contributed by atoms with Crippen molar-refractivity contribution in [3.63, 3.8) is 0 Å². The molecule has 0 nitrogen and oxygen atoms in total. The van der Waals surface area contributed by atoms with Crippen LogP contribution < -0.4 is 0 Å². The average Bonchev–Trinajstić information content (AvgIpc) is 2.07. The van der Waals surface area contributed by atoms with Crippen LogP contribution in [0.1, 0.15) is 0 Å². The first-order valence-electron chi connectivity index (χ1n) is 3.63. The topological polar surface area (TPSA) is 0 Å². The first-order chi connectivity index (χ1) is 6.79. The minimum atomic E-state index is -4.21. The Bertz CT molecular complexity index is 368. The monoisotopic (exact) mass is 338 g/mol. The summed E-state index contributed by atoms with van der Waals surface area (Å²) in [6, 6.07) is 2.88. The summed E-state index contributed by atoms with van der Waals surface area (Å²) in [7, 11) is 0. The van der Waals surface area contributed by atoms with Gasteiger partial charge in [0.2, 0.25) is 0 Å². The molecule has 0 fully saturated rings. The van der Waals surface area contributed by atoms with Gasteiger partial charge in [0.15, 0.2) is 0 Å². The zero-order chi connectivity index (χ0) is 11.6. The van der Waals surface area contributed by atoms with Crippen LogP contribution in [-0.2, 0) is 0 Å². The minimum Gasteiger partial charge on any atom is -0.170 e. The molecule has 0 saturated heterocycles. The van der Waals surface area contributed by atoms with Gasteiger partial charge in [0.25, 0.3) is 0 Å². The smallest absolute Gasteiger partial charge is 0.170 e. The van der Waals surface area contributed by atoms with Gasteiger partial charge in [-0.3, -0.25) is 0 Å². The van der Waals surface area contributed by atoms with Gasteiger partial charge in [-0.15, -0.1) is 11.8 Å². The standard InChI is InChI=1S/C8H4BrCl2F3S/c9-4-1-7(6(11)2-5(4)10)15-3-8(12,13)14/h1-2H,3H2. The van der Waals surface area contributed by atoms with Crippen molar-refractivity contribution in [3.05, 3.63) is 26.7 Å². The predicted octanol–water partition coefficient (Wildman–Crippen LogP) is 5.41. The number of rotatable bonds is 2. The maximum atomic E-state index is 12.0. The maximum Gasteiger partial charge on any atom is 0.398 e. The predicted molar refractivity (Wildman–Crippen MR) is 60.9 cm³/mol. The second kappa shape index (κ2) is 5.17. The molecule has 0 unspecified atom stereocenters. The van der Waals surface area contributed by atoms with Gasteiger partial charge in [0.1, 0.15) is 0 Å². The highest BCUT2D eigenvalue weighted by Crippen LogP contribution is 2.37. The molecule has 0 spiro atoms. The van der Waals surface area contributed by atoms with Crippen molar-refractivity contribution in [1.82, 2.24) is 0 Å². The lowest BCUT2D eigenvalue weighted by molar-refractivity contribution is -0.105. The zero-order valence-electron chi connectivity index (χ0n) is 7.04. The number of hydrogen-bond donors (Lipinski definition) is 0. The van der Waals surface area contributed by atoms with Gasteiger partial charge >= 0.3 is 6.18 Å². The molecule has 0 saturated carbocycles. The number of benzene rings is 1. The fourth-order valence-corrected chi connectivity index (χ4v) is 2.53. The molecule has 0 bridgehead atoms. The Kier molecular flexibility index (Phi) is 4.64. The van der Waals surface area contributed by atoms with Crippen molar-refractivity contribution >= 4 is 50.9 Å². The molecule has 1 aromatic rings. The van der Waals surface area contributed by atoms with E-state index in [1.54, 1.807) is 0 Å². The summed E-state index contributed by atoms with van der Waals surface area (Å²) >= 11 is 15.2. The molecular formula is C8H4BrCl2F3S. The molecule has 1 rings (SSSR count). The molecule has 1 aromatic carbocycles. The number of halogens is 6. The molecule has 0 atom stereocenters. The van der Waals surface area contributed by atoms with Crippen molar-refractivity contribution < 1.29 is 13.2 Å². The van der Waals surface area contributed by atoms with Gasteiger partial charge in [0, 0.05) is 9.37 Å². The summed E-state index contributed by atoms with van der Waals surface area (Å²) in [5, 5.41) is 0.591. The van der Waals surface area contributed by atoms with Crippen LogP contribution >= 0.6 is 50.9 Å². The quantitative estimate of drug-likeness (QED) is 0.512. The Labute approximate surface area is 107 Å².